The maximum absolute atomic E-state index is 12.0. The number of nitrogens with one attached hydrogen (secondary N) is 1. The van der Waals surface area contributed by atoms with Gasteiger partial charge >= 0.3 is 5.97 Å². The molecule has 1 aromatic rings. The Balaban J connectivity index is 2.78. The molecule has 0 bridgehead atoms. The van der Waals surface area contributed by atoms with Crippen molar-refractivity contribution in [3.8, 4) is 0 Å². The second-order valence-corrected chi connectivity index (χ2v) is 6.08. The number of ether oxygens (including phenoxy) is 1. The van der Waals surface area contributed by atoms with E-state index in [0.717, 1.165) is 12.1 Å². The Hall–Kier alpha value is -1.51. The van der Waals surface area contributed by atoms with E-state index < -0.39 is 0 Å². The van der Waals surface area contributed by atoms with Crippen molar-refractivity contribution >= 4 is 11.7 Å². The number of carbonyl (C=O) groups is 1. The van der Waals surface area contributed by atoms with Crippen molar-refractivity contribution in [3.05, 3.63) is 29.8 Å². The van der Waals surface area contributed by atoms with Crippen LogP contribution in [0, 0.1) is 12.3 Å². The molecule has 0 aromatic heterocycles. The zero-order valence-corrected chi connectivity index (χ0v) is 12.6. The minimum Gasteiger partial charge on any atom is -0.464 e. The van der Waals surface area contributed by atoms with Gasteiger partial charge in [0, 0.05) is 5.69 Å². The predicted molar refractivity (Wildman–Crippen MR) is 79.3 cm³/mol. The predicted octanol–water partition coefficient (Wildman–Crippen LogP) is 3.77. The lowest BCUT2D eigenvalue weighted by atomic mass is 9.88. The topological polar surface area (TPSA) is 38.3 Å². The molecule has 1 rings (SSSR count). The molecule has 0 fully saturated rings. The Labute approximate surface area is 116 Å². The number of esters is 1. The van der Waals surface area contributed by atoms with Crippen LogP contribution in [0.2, 0.25) is 0 Å². The largest absolute Gasteiger partial charge is 0.464 e. The highest BCUT2D eigenvalue weighted by Crippen LogP contribution is 2.24. The SMILES string of the molecule is CCOC(=O)C(CC(C)(C)C)Nc1ccc(C)cc1. The van der Waals surface area contributed by atoms with Gasteiger partial charge in [-0.15, -0.1) is 0 Å². The van der Waals surface area contributed by atoms with Crippen LogP contribution in [0.4, 0.5) is 5.69 Å². The van der Waals surface area contributed by atoms with Gasteiger partial charge < -0.3 is 10.1 Å². The molecule has 0 aliphatic rings. The van der Waals surface area contributed by atoms with Crippen molar-refractivity contribution in [2.45, 2.75) is 47.1 Å². The van der Waals surface area contributed by atoms with Gasteiger partial charge in [-0.2, -0.15) is 0 Å². The number of hydrogen-bond donors (Lipinski definition) is 1. The van der Waals surface area contributed by atoms with Crippen LogP contribution in [0.5, 0.6) is 0 Å². The summed E-state index contributed by atoms with van der Waals surface area (Å²) in [5, 5.41) is 3.27. The molecule has 0 saturated carbocycles. The Morgan fingerprint density at radius 1 is 1.26 bits per heavy atom. The molecular formula is C16H25NO2. The first kappa shape index (κ1) is 15.5. The van der Waals surface area contributed by atoms with Gasteiger partial charge in [-0.1, -0.05) is 38.5 Å². The van der Waals surface area contributed by atoms with Crippen molar-refractivity contribution in [2.75, 3.05) is 11.9 Å². The maximum Gasteiger partial charge on any atom is 0.328 e. The summed E-state index contributed by atoms with van der Waals surface area (Å²) in [5.74, 6) is -0.182. The van der Waals surface area contributed by atoms with Crippen molar-refractivity contribution in [3.63, 3.8) is 0 Å². The lowest BCUT2D eigenvalue weighted by molar-refractivity contribution is -0.144. The summed E-state index contributed by atoms with van der Waals surface area (Å²) >= 11 is 0. The molecule has 0 heterocycles. The average molecular weight is 263 g/mol. The van der Waals surface area contributed by atoms with Gasteiger partial charge in [-0.3, -0.25) is 0 Å². The third kappa shape index (κ3) is 5.77. The maximum atomic E-state index is 12.0. The fraction of sp³-hybridized carbons (Fsp3) is 0.562. The number of hydrogen-bond acceptors (Lipinski definition) is 3. The Morgan fingerprint density at radius 2 is 1.84 bits per heavy atom. The molecule has 106 valence electrons. The summed E-state index contributed by atoms with van der Waals surface area (Å²) in [6, 6.07) is 7.74. The quantitative estimate of drug-likeness (QED) is 0.822. The van der Waals surface area contributed by atoms with Crippen LogP contribution >= 0.6 is 0 Å². The first-order chi connectivity index (χ1) is 8.81. The first-order valence-corrected chi connectivity index (χ1v) is 6.81. The van der Waals surface area contributed by atoms with E-state index in [1.54, 1.807) is 0 Å². The minimum atomic E-state index is -0.303. The number of aryl methyl sites for hydroxylation is 1. The first-order valence-electron chi connectivity index (χ1n) is 6.81. The molecule has 0 amide bonds. The Morgan fingerprint density at radius 3 is 2.32 bits per heavy atom. The Kier molecular flexibility index (Phi) is 5.40. The smallest absolute Gasteiger partial charge is 0.328 e. The molecule has 3 nitrogen and oxygen atoms in total. The van der Waals surface area contributed by atoms with Crippen LogP contribution in [0.3, 0.4) is 0 Å². The zero-order valence-electron chi connectivity index (χ0n) is 12.6. The fourth-order valence-corrected chi connectivity index (χ4v) is 1.90. The molecule has 1 unspecified atom stereocenters. The molecule has 1 aromatic carbocycles. The van der Waals surface area contributed by atoms with E-state index in [-0.39, 0.29) is 17.4 Å². The number of anilines is 1. The van der Waals surface area contributed by atoms with Gasteiger partial charge in [-0.25, -0.2) is 4.79 Å². The molecule has 0 saturated heterocycles. The van der Waals surface area contributed by atoms with Gasteiger partial charge in [0.25, 0.3) is 0 Å². The minimum absolute atomic E-state index is 0.0646. The van der Waals surface area contributed by atoms with E-state index in [9.17, 15) is 4.79 Å². The van der Waals surface area contributed by atoms with Gasteiger partial charge in [0.05, 0.1) is 6.61 Å². The van der Waals surface area contributed by atoms with Gasteiger partial charge in [-0.05, 0) is 37.8 Å². The lowest BCUT2D eigenvalue weighted by Crippen LogP contribution is -2.35. The molecule has 19 heavy (non-hydrogen) atoms. The molecule has 0 radical (unpaired) electrons. The lowest BCUT2D eigenvalue weighted by Gasteiger charge is -2.26. The summed E-state index contributed by atoms with van der Waals surface area (Å²) < 4.78 is 5.14. The van der Waals surface area contributed by atoms with E-state index in [0.29, 0.717) is 6.61 Å². The van der Waals surface area contributed by atoms with E-state index in [4.69, 9.17) is 4.74 Å². The van der Waals surface area contributed by atoms with Crippen molar-refractivity contribution in [1.29, 1.82) is 0 Å². The zero-order chi connectivity index (χ0) is 14.5. The summed E-state index contributed by atoms with van der Waals surface area (Å²) in [6.07, 6.45) is 0.736. The molecule has 0 aliphatic carbocycles. The molecule has 0 spiro atoms. The van der Waals surface area contributed by atoms with Gasteiger partial charge in [0.2, 0.25) is 0 Å². The molecule has 0 aliphatic heterocycles. The Bertz CT molecular complexity index is 404. The molecule has 3 heteroatoms. The van der Waals surface area contributed by atoms with Crippen LogP contribution < -0.4 is 5.32 Å². The van der Waals surface area contributed by atoms with Gasteiger partial charge in [0.1, 0.15) is 6.04 Å². The van der Waals surface area contributed by atoms with Crippen LogP contribution in [-0.2, 0) is 9.53 Å². The highest BCUT2D eigenvalue weighted by atomic mass is 16.5. The molecule has 1 N–H and O–H groups in total. The van der Waals surface area contributed by atoms with Crippen molar-refractivity contribution in [2.24, 2.45) is 5.41 Å². The molecular weight excluding hydrogens is 238 g/mol. The highest BCUT2D eigenvalue weighted by molar-refractivity contribution is 5.79. The normalized spacial score (nSPS) is 12.9. The van der Waals surface area contributed by atoms with E-state index >= 15 is 0 Å². The highest BCUT2D eigenvalue weighted by Gasteiger charge is 2.25. The number of carbonyl (C=O) groups excluding carboxylic acids is 1. The number of rotatable bonds is 5. The number of benzene rings is 1. The fourth-order valence-electron chi connectivity index (χ4n) is 1.90. The standard InChI is InChI=1S/C16H25NO2/c1-6-19-15(18)14(11-16(3,4)5)17-13-9-7-12(2)8-10-13/h7-10,14,17H,6,11H2,1-5H3. The van der Waals surface area contributed by atoms with Gasteiger partial charge in [0.15, 0.2) is 0 Å². The summed E-state index contributed by atoms with van der Waals surface area (Å²) in [6.45, 7) is 10.6. The third-order valence-electron chi connectivity index (χ3n) is 2.78. The van der Waals surface area contributed by atoms with Crippen LogP contribution in [-0.4, -0.2) is 18.6 Å². The van der Waals surface area contributed by atoms with Crippen LogP contribution in [0.1, 0.15) is 39.7 Å². The second kappa shape index (κ2) is 6.60. The monoisotopic (exact) mass is 263 g/mol. The van der Waals surface area contributed by atoms with Crippen LogP contribution in [0.15, 0.2) is 24.3 Å². The summed E-state index contributed by atoms with van der Waals surface area (Å²) in [4.78, 5) is 12.0. The van der Waals surface area contributed by atoms with Crippen molar-refractivity contribution < 1.29 is 9.53 Å². The summed E-state index contributed by atoms with van der Waals surface area (Å²) in [7, 11) is 0. The van der Waals surface area contributed by atoms with Crippen molar-refractivity contribution in [1.82, 2.24) is 0 Å². The van der Waals surface area contributed by atoms with E-state index in [1.807, 2.05) is 38.1 Å². The molecule has 1 atom stereocenters. The van der Waals surface area contributed by atoms with E-state index in [2.05, 4.69) is 26.1 Å². The second-order valence-electron chi connectivity index (χ2n) is 6.08. The third-order valence-corrected chi connectivity index (χ3v) is 2.78. The van der Waals surface area contributed by atoms with E-state index in [1.165, 1.54) is 5.56 Å². The average Bonchev–Trinajstić information content (AvgIpc) is 2.30. The summed E-state index contributed by atoms with van der Waals surface area (Å²) in [5.41, 5.74) is 2.22. The van der Waals surface area contributed by atoms with Crippen LogP contribution in [0.25, 0.3) is 0 Å².